The molecule has 0 aromatic carbocycles. The van der Waals surface area contributed by atoms with Gasteiger partial charge in [-0.05, 0) is 39.5 Å². The van der Waals surface area contributed by atoms with E-state index in [1.165, 1.54) is 51.4 Å². The van der Waals surface area contributed by atoms with Crippen LogP contribution < -0.4 is 21.3 Å². The standard InChI is InChI=1S/C16H30N4/c1-15-16(2,19-13-9-5-3-7-11(13)17-15)20-14-10-6-4-8-12(14)18-15/h11-14,17-20H,3-10H2,1-2H3/t11-,12+,13-,14+,15?,16?. The van der Waals surface area contributed by atoms with Gasteiger partial charge in [0.15, 0.2) is 0 Å². The number of fused-ring (bicyclic) bond motifs is 3. The summed E-state index contributed by atoms with van der Waals surface area (Å²) in [6, 6.07) is 2.54. The lowest BCUT2D eigenvalue weighted by Gasteiger charge is -2.64. The number of rotatable bonds is 0. The molecular weight excluding hydrogens is 248 g/mol. The van der Waals surface area contributed by atoms with E-state index in [0.29, 0.717) is 24.2 Å². The average Bonchev–Trinajstić information content (AvgIpc) is 2.42. The fourth-order valence-corrected chi connectivity index (χ4v) is 5.10. The molecule has 20 heavy (non-hydrogen) atoms. The van der Waals surface area contributed by atoms with Crippen LogP contribution in [0.2, 0.25) is 0 Å². The SMILES string of the molecule is CC12N[C@H]3CCCC[C@@H]3NC1(C)N[C@@H]1CCCC[C@H]1N2. The highest BCUT2D eigenvalue weighted by Crippen LogP contribution is 2.36. The van der Waals surface area contributed by atoms with E-state index >= 15 is 0 Å². The molecule has 2 heterocycles. The molecular formula is C16H30N4. The molecule has 6 atom stereocenters. The van der Waals surface area contributed by atoms with Gasteiger partial charge in [0.25, 0.3) is 0 Å². The van der Waals surface area contributed by atoms with Crippen molar-refractivity contribution in [1.82, 2.24) is 21.3 Å². The summed E-state index contributed by atoms with van der Waals surface area (Å²) in [5.74, 6) is 0. The quantitative estimate of drug-likeness (QED) is 0.541. The molecule has 4 heteroatoms. The fraction of sp³-hybridized carbons (Fsp3) is 1.00. The van der Waals surface area contributed by atoms with Gasteiger partial charge in [-0.2, -0.15) is 0 Å². The van der Waals surface area contributed by atoms with E-state index in [4.69, 9.17) is 0 Å². The third-order valence-electron chi connectivity index (χ3n) is 6.43. The lowest BCUT2D eigenvalue weighted by Crippen LogP contribution is -2.91. The first kappa shape index (κ1) is 13.5. The zero-order valence-corrected chi connectivity index (χ0v) is 13.0. The Morgan fingerprint density at radius 3 is 1.05 bits per heavy atom. The minimum absolute atomic E-state index is 0.0377. The summed E-state index contributed by atoms with van der Waals surface area (Å²) in [5.41, 5.74) is -0.0754. The highest BCUT2D eigenvalue weighted by molar-refractivity contribution is 5.17. The van der Waals surface area contributed by atoms with Crippen LogP contribution in [0.25, 0.3) is 0 Å². The summed E-state index contributed by atoms with van der Waals surface area (Å²) in [6.07, 6.45) is 10.8. The largest absolute Gasteiger partial charge is 0.293 e. The van der Waals surface area contributed by atoms with Gasteiger partial charge < -0.3 is 0 Å². The first-order valence-corrected chi connectivity index (χ1v) is 8.70. The highest BCUT2D eigenvalue weighted by atomic mass is 15.4. The molecule has 0 bridgehead atoms. The maximum absolute atomic E-state index is 3.97. The molecule has 4 nitrogen and oxygen atoms in total. The molecule has 4 rings (SSSR count). The molecule has 2 aliphatic heterocycles. The van der Waals surface area contributed by atoms with E-state index < -0.39 is 0 Å². The topological polar surface area (TPSA) is 48.1 Å². The number of hydrogen-bond acceptors (Lipinski definition) is 4. The zero-order valence-electron chi connectivity index (χ0n) is 13.0. The monoisotopic (exact) mass is 278 g/mol. The summed E-state index contributed by atoms with van der Waals surface area (Å²) < 4.78 is 0. The summed E-state index contributed by atoms with van der Waals surface area (Å²) in [6.45, 7) is 4.70. The van der Waals surface area contributed by atoms with Gasteiger partial charge in [0, 0.05) is 24.2 Å². The van der Waals surface area contributed by atoms with Crippen molar-refractivity contribution < 1.29 is 0 Å². The Hall–Kier alpha value is -0.160. The van der Waals surface area contributed by atoms with Gasteiger partial charge in [-0.15, -0.1) is 0 Å². The Labute approximate surface area is 122 Å². The van der Waals surface area contributed by atoms with Crippen LogP contribution in [0.5, 0.6) is 0 Å². The van der Waals surface area contributed by atoms with E-state index in [1.807, 2.05) is 0 Å². The fourth-order valence-electron chi connectivity index (χ4n) is 5.10. The van der Waals surface area contributed by atoms with Gasteiger partial charge in [-0.3, -0.25) is 21.3 Å². The Morgan fingerprint density at radius 1 is 0.550 bits per heavy atom. The molecule has 2 unspecified atom stereocenters. The van der Waals surface area contributed by atoms with Crippen molar-refractivity contribution in [2.45, 2.75) is 101 Å². The Kier molecular flexibility index (Phi) is 3.15. The molecule has 0 aromatic heterocycles. The summed E-state index contributed by atoms with van der Waals surface area (Å²) >= 11 is 0. The van der Waals surface area contributed by atoms with Crippen LogP contribution in [0, 0.1) is 0 Å². The molecule has 2 saturated carbocycles. The third kappa shape index (κ3) is 1.96. The maximum Gasteiger partial charge on any atom is 0.0984 e. The second kappa shape index (κ2) is 4.67. The van der Waals surface area contributed by atoms with Crippen LogP contribution in [0.3, 0.4) is 0 Å². The molecule has 2 aliphatic carbocycles. The highest BCUT2D eigenvalue weighted by Gasteiger charge is 2.57. The van der Waals surface area contributed by atoms with E-state index in [0.717, 1.165) is 0 Å². The van der Waals surface area contributed by atoms with Crippen molar-refractivity contribution in [1.29, 1.82) is 0 Å². The van der Waals surface area contributed by atoms with Crippen molar-refractivity contribution >= 4 is 0 Å². The van der Waals surface area contributed by atoms with E-state index in [-0.39, 0.29) is 11.3 Å². The van der Waals surface area contributed by atoms with Crippen molar-refractivity contribution in [3.63, 3.8) is 0 Å². The molecule has 2 saturated heterocycles. The van der Waals surface area contributed by atoms with Crippen molar-refractivity contribution in [3.8, 4) is 0 Å². The van der Waals surface area contributed by atoms with Gasteiger partial charge in [0.1, 0.15) is 0 Å². The van der Waals surface area contributed by atoms with Gasteiger partial charge in [0.2, 0.25) is 0 Å². The molecule has 0 spiro atoms. The van der Waals surface area contributed by atoms with Crippen LogP contribution in [0.4, 0.5) is 0 Å². The minimum Gasteiger partial charge on any atom is -0.293 e. The molecule has 0 aromatic rings. The van der Waals surface area contributed by atoms with Crippen LogP contribution in [-0.4, -0.2) is 35.5 Å². The summed E-state index contributed by atoms with van der Waals surface area (Å²) in [5, 5.41) is 15.9. The Bertz CT molecular complexity index is 319. The summed E-state index contributed by atoms with van der Waals surface area (Å²) in [7, 11) is 0. The van der Waals surface area contributed by atoms with Crippen molar-refractivity contribution in [2.24, 2.45) is 0 Å². The van der Waals surface area contributed by atoms with Crippen LogP contribution in [0.15, 0.2) is 0 Å². The molecule has 4 N–H and O–H groups in total. The van der Waals surface area contributed by atoms with Crippen molar-refractivity contribution in [2.75, 3.05) is 0 Å². The Balaban J connectivity index is 1.60. The first-order valence-electron chi connectivity index (χ1n) is 8.70. The predicted molar refractivity (Wildman–Crippen MR) is 81.4 cm³/mol. The maximum atomic E-state index is 3.97. The summed E-state index contributed by atoms with van der Waals surface area (Å²) in [4.78, 5) is 0. The third-order valence-corrected chi connectivity index (χ3v) is 6.43. The van der Waals surface area contributed by atoms with Crippen molar-refractivity contribution in [3.05, 3.63) is 0 Å². The van der Waals surface area contributed by atoms with Gasteiger partial charge in [0.05, 0.1) is 11.3 Å². The second-order valence-electron chi connectivity index (χ2n) is 7.82. The van der Waals surface area contributed by atoms with Gasteiger partial charge in [-0.25, -0.2) is 0 Å². The number of nitrogens with one attached hydrogen (secondary N) is 4. The zero-order chi connectivity index (χ0) is 13.8. The lowest BCUT2D eigenvalue weighted by atomic mass is 9.76. The van der Waals surface area contributed by atoms with Crippen LogP contribution >= 0.6 is 0 Å². The molecule has 4 aliphatic rings. The average molecular weight is 278 g/mol. The molecule has 0 radical (unpaired) electrons. The number of hydrogen-bond donors (Lipinski definition) is 4. The number of piperazine rings is 2. The second-order valence-corrected chi connectivity index (χ2v) is 7.82. The van der Waals surface area contributed by atoms with E-state index in [9.17, 15) is 0 Å². The van der Waals surface area contributed by atoms with Crippen LogP contribution in [-0.2, 0) is 0 Å². The Morgan fingerprint density at radius 2 is 0.800 bits per heavy atom. The molecule has 4 fully saturated rings. The van der Waals surface area contributed by atoms with Gasteiger partial charge >= 0.3 is 0 Å². The normalized spacial score (nSPS) is 55.5. The van der Waals surface area contributed by atoms with Gasteiger partial charge in [-0.1, -0.05) is 25.7 Å². The molecule has 114 valence electrons. The smallest absolute Gasteiger partial charge is 0.0984 e. The molecule has 0 amide bonds. The predicted octanol–water partition coefficient (Wildman–Crippen LogP) is 1.43. The first-order chi connectivity index (χ1) is 9.60. The van der Waals surface area contributed by atoms with E-state index in [2.05, 4.69) is 35.1 Å². The van der Waals surface area contributed by atoms with E-state index in [1.54, 1.807) is 0 Å². The lowest BCUT2D eigenvalue weighted by molar-refractivity contribution is -0.0523. The minimum atomic E-state index is -0.0377. The van der Waals surface area contributed by atoms with Crippen LogP contribution in [0.1, 0.15) is 65.2 Å².